The summed E-state index contributed by atoms with van der Waals surface area (Å²) in [5.74, 6) is -1.37. The smallest absolute Gasteiger partial charge is 0.321 e. The predicted octanol–water partition coefficient (Wildman–Crippen LogP) is 1.46. The van der Waals surface area contributed by atoms with Crippen LogP contribution in [0.15, 0.2) is 36.7 Å². The topological polar surface area (TPSA) is 101 Å². The number of nitrogens with zero attached hydrogens (tertiary/aromatic N) is 4. The standard InChI is InChI=1S/C18H15FN6O2/c19-15-8-21-16-11(9-5-10(9)13-3-1-2-4-20-13)6-14(24-25(15)16)12-7-22-18(27)23-17(12)26/h1-4,6,8-10,12H,5,7H2,(H2,22,23,26,27)/t9-,10-,12?/m0/s1. The molecule has 3 atom stereocenters. The van der Waals surface area contributed by atoms with Crippen molar-refractivity contribution in [1.82, 2.24) is 30.2 Å². The first-order valence-corrected chi connectivity index (χ1v) is 8.65. The van der Waals surface area contributed by atoms with Crippen molar-refractivity contribution in [3.05, 3.63) is 59.6 Å². The third kappa shape index (κ3) is 2.62. The molecule has 2 N–H and O–H groups in total. The molecule has 1 saturated carbocycles. The number of pyridine rings is 1. The van der Waals surface area contributed by atoms with E-state index < -0.39 is 23.8 Å². The van der Waals surface area contributed by atoms with Crippen molar-refractivity contribution in [3.63, 3.8) is 0 Å². The highest BCUT2D eigenvalue weighted by atomic mass is 19.1. The summed E-state index contributed by atoms with van der Waals surface area (Å²) in [6.07, 6.45) is 3.75. The van der Waals surface area contributed by atoms with Crippen molar-refractivity contribution >= 4 is 17.6 Å². The third-order valence-electron chi connectivity index (χ3n) is 5.11. The summed E-state index contributed by atoms with van der Waals surface area (Å²) in [5, 5.41) is 9.06. The number of fused-ring (bicyclic) bond motifs is 1. The number of amides is 3. The van der Waals surface area contributed by atoms with Crippen LogP contribution in [0.1, 0.15) is 41.1 Å². The Kier molecular flexibility index (Phi) is 3.43. The summed E-state index contributed by atoms with van der Waals surface area (Å²) in [6.45, 7) is 0.118. The third-order valence-corrected chi connectivity index (χ3v) is 5.11. The largest absolute Gasteiger partial charge is 0.337 e. The Morgan fingerprint density at radius 1 is 1.15 bits per heavy atom. The summed E-state index contributed by atoms with van der Waals surface area (Å²) in [6, 6.07) is 7.04. The van der Waals surface area contributed by atoms with Gasteiger partial charge in [-0.05, 0) is 30.5 Å². The van der Waals surface area contributed by atoms with Crippen LogP contribution in [0.2, 0.25) is 0 Å². The van der Waals surface area contributed by atoms with Gasteiger partial charge in [0.05, 0.1) is 17.8 Å². The highest BCUT2D eigenvalue weighted by molar-refractivity contribution is 6.00. The predicted molar refractivity (Wildman–Crippen MR) is 91.6 cm³/mol. The molecule has 1 saturated heterocycles. The average molecular weight is 366 g/mol. The van der Waals surface area contributed by atoms with E-state index in [0.717, 1.165) is 28.4 Å². The van der Waals surface area contributed by atoms with Gasteiger partial charge in [-0.3, -0.25) is 15.1 Å². The number of aromatic nitrogens is 4. The van der Waals surface area contributed by atoms with Gasteiger partial charge in [0, 0.05) is 29.9 Å². The van der Waals surface area contributed by atoms with Crippen LogP contribution in [0.5, 0.6) is 0 Å². The fourth-order valence-corrected chi connectivity index (χ4v) is 3.66. The van der Waals surface area contributed by atoms with Crippen LogP contribution < -0.4 is 10.6 Å². The van der Waals surface area contributed by atoms with Crippen LogP contribution in [0, 0.1) is 5.95 Å². The normalized spacial score (nSPS) is 24.6. The number of urea groups is 1. The van der Waals surface area contributed by atoms with E-state index in [2.05, 4.69) is 25.7 Å². The summed E-state index contributed by atoms with van der Waals surface area (Å²) < 4.78 is 15.3. The number of nitrogens with one attached hydrogen (secondary N) is 2. The molecule has 2 fully saturated rings. The molecule has 8 nitrogen and oxygen atoms in total. The lowest BCUT2D eigenvalue weighted by Crippen LogP contribution is -2.51. The molecule has 2 aliphatic rings. The zero-order chi connectivity index (χ0) is 18.5. The van der Waals surface area contributed by atoms with E-state index in [4.69, 9.17) is 0 Å². The van der Waals surface area contributed by atoms with Gasteiger partial charge in [0.25, 0.3) is 0 Å². The molecule has 5 rings (SSSR count). The van der Waals surface area contributed by atoms with Gasteiger partial charge >= 0.3 is 6.03 Å². The van der Waals surface area contributed by atoms with Crippen molar-refractivity contribution in [1.29, 1.82) is 0 Å². The molecule has 1 aliphatic heterocycles. The Hall–Kier alpha value is -3.36. The lowest BCUT2D eigenvalue weighted by molar-refractivity contribution is -0.122. The minimum atomic E-state index is -0.681. The van der Waals surface area contributed by atoms with Crippen LogP contribution >= 0.6 is 0 Å². The van der Waals surface area contributed by atoms with Gasteiger partial charge in [-0.2, -0.15) is 14.0 Å². The minimum Gasteiger partial charge on any atom is -0.337 e. The van der Waals surface area contributed by atoms with Crippen LogP contribution in [0.3, 0.4) is 0 Å². The maximum Gasteiger partial charge on any atom is 0.321 e. The summed E-state index contributed by atoms with van der Waals surface area (Å²) in [7, 11) is 0. The number of imidazole rings is 1. The number of hydrogen-bond acceptors (Lipinski definition) is 5. The number of carbonyl (C=O) groups is 2. The molecular formula is C18H15FN6O2. The van der Waals surface area contributed by atoms with E-state index in [1.54, 1.807) is 12.3 Å². The molecule has 4 heterocycles. The zero-order valence-electron chi connectivity index (χ0n) is 14.1. The molecule has 3 amide bonds. The number of imide groups is 1. The van der Waals surface area contributed by atoms with Crippen molar-refractivity contribution < 1.29 is 14.0 Å². The van der Waals surface area contributed by atoms with E-state index in [9.17, 15) is 14.0 Å². The number of hydrogen-bond donors (Lipinski definition) is 2. The highest BCUT2D eigenvalue weighted by Crippen LogP contribution is 2.55. The van der Waals surface area contributed by atoms with Crippen LogP contribution in [-0.4, -0.2) is 38.1 Å². The second-order valence-electron chi connectivity index (χ2n) is 6.80. The SMILES string of the molecule is O=C1NCC(c2cc([C@H]3C[C@@H]3c3ccccn3)c3ncc(F)n3n2)C(=O)N1. The highest BCUT2D eigenvalue weighted by Gasteiger charge is 2.43. The van der Waals surface area contributed by atoms with E-state index in [1.807, 2.05) is 18.2 Å². The molecule has 1 unspecified atom stereocenters. The molecule has 1 aliphatic carbocycles. The fourth-order valence-electron chi connectivity index (χ4n) is 3.66. The summed E-state index contributed by atoms with van der Waals surface area (Å²) in [5.41, 5.74) is 2.66. The van der Waals surface area contributed by atoms with Crippen molar-refractivity contribution in [2.75, 3.05) is 6.54 Å². The fraction of sp³-hybridized carbons (Fsp3) is 0.278. The first kappa shape index (κ1) is 15.9. The second-order valence-corrected chi connectivity index (χ2v) is 6.80. The molecule has 3 aromatic rings. The quantitative estimate of drug-likeness (QED) is 0.731. The Morgan fingerprint density at radius 2 is 2.04 bits per heavy atom. The lowest BCUT2D eigenvalue weighted by Gasteiger charge is -2.22. The maximum absolute atomic E-state index is 14.2. The molecule has 3 aromatic heterocycles. The van der Waals surface area contributed by atoms with Crippen molar-refractivity contribution in [3.8, 4) is 0 Å². The molecule has 0 spiro atoms. The molecule has 136 valence electrons. The van der Waals surface area contributed by atoms with Gasteiger partial charge in [0.15, 0.2) is 5.65 Å². The minimum absolute atomic E-state index is 0.118. The molecule has 0 bridgehead atoms. The van der Waals surface area contributed by atoms with Gasteiger partial charge in [0.2, 0.25) is 11.9 Å². The van der Waals surface area contributed by atoms with Gasteiger partial charge in [-0.15, -0.1) is 0 Å². The van der Waals surface area contributed by atoms with Crippen LogP contribution in [-0.2, 0) is 4.79 Å². The Bertz CT molecular complexity index is 1070. The van der Waals surface area contributed by atoms with Crippen molar-refractivity contribution in [2.24, 2.45) is 0 Å². The van der Waals surface area contributed by atoms with Crippen LogP contribution in [0.4, 0.5) is 9.18 Å². The summed E-state index contributed by atoms with van der Waals surface area (Å²) >= 11 is 0. The van der Waals surface area contributed by atoms with Crippen LogP contribution in [0.25, 0.3) is 5.65 Å². The van der Waals surface area contributed by atoms with Gasteiger partial charge in [-0.1, -0.05) is 6.07 Å². The van der Waals surface area contributed by atoms with Gasteiger partial charge in [0.1, 0.15) is 0 Å². The van der Waals surface area contributed by atoms with Gasteiger partial charge < -0.3 is 5.32 Å². The first-order chi connectivity index (χ1) is 13.1. The zero-order valence-corrected chi connectivity index (χ0v) is 14.1. The Balaban J connectivity index is 1.56. The molecular weight excluding hydrogens is 351 g/mol. The van der Waals surface area contributed by atoms with E-state index in [0.29, 0.717) is 11.3 Å². The van der Waals surface area contributed by atoms with E-state index >= 15 is 0 Å². The Labute approximate surface area is 152 Å². The second kappa shape index (κ2) is 5.83. The average Bonchev–Trinajstić information content (AvgIpc) is 3.39. The number of halogens is 1. The molecule has 9 heteroatoms. The monoisotopic (exact) mass is 366 g/mol. The Morgan fingerprint density at radius 3 is 2.81 bits per heavy atom. The van der Waals surface area contributed by atoms with Crippen molar-refractivity contribution in [2.45, 2.75) is 24.2 Å². The lowest BCUT2D eigenvalue weighted by atomic mass is 9.99. The maximum atomic E-state index is 14.2. The molecule has 27 heavy (non-hydrogen) atoms. The van der Waals surface area contributed by atoms with E-state index in [-0.39, 0.29) is 18.4 Å². The summed E-state index contributed by atoms with van der Waals surface area (Å²) in [4.78, 5) is 32.1. The number of carbonyl (C=O) groups excluding carboxylic acids is 2. The molecule has 0 aromatic carbocycles. The first-order valence-electron chi connectivity index (χ1n) is 8.65. The molecule has 0 radical (unpaired) electrons. The number of rotatable bonds is 3. The van der Waals surface area contributed by atoms with Gasteiger partial charge in [-0.25, -0.2) is 9.78 Å². The van der Waals surface area contributed by atoms with E-state index in [1.165, 1.54) is 0 Å².